The summed E-state index contributed by atoms with van der Waals surface area (Å²) >= 11 is 0. The maximum Gasteiger partial charge on any atom is 0.0495 e. The van der Waals surface area contributed by atoms with Gasteiger partial charge < -0.3 is 15.0 Å². The molecule has 2 atom stereocenters. The first-order valence-electron chi connectivity index (χ1n) is 7.67. The van der Waals surface area contributed by atoms with Gasteiger partial charge in [-0.25, -0.2) is 0 Å². The number of hydrogen-bond acceptors (Lipinski definition) is 4. The zero-order valence-corrected chi connectivity index (χ0v) is 11.4. The molecule has 3 saturated heterocycles. The monoisotopic (exact) mass is 253 g/mol. The summed E-state index contributed by atoms with van der Waals surface area (Å²) in [4.78, 5) is 5.36. The quantitative estimate of drug-likeness (QED) is 0.784. The van der Waals surface area contributed by atoms with E-state index in [0.717, 1.165) is 25.2 Å². The number of rotatable bonds is 4. The summed E-state index contributed by atoms with van der Waals surface area (Å²) in [6.45, 7) is 10.7. The van der Waals surface area contributed by atoms with Crippen LogP contribution in [0.1, 0.15) is 19.3 Å². The third kappa shape index (κ3) is 3.23. The van der Waals surface area contributed by atoms with Crippen LogP contribution in [0.25, 0.3) is 0 Å². The zero-order chi connectivity index (χ0) is 12.2. The molecule has 0 aromatic heterocycles. The van der Waals surface area contributed by atoms with E-state index in [1.54, 1.807) is 0 Å². The normalized spacial score (nSPS) is 35.3. The Morgan fingerprint density at radius 1 is 1.11 bits per heavy atom. The first-order valence-corrected chi connectivity index (χ1v) is 7.67. The van der Waals surface area contributed by atoms with Crippen LogP contribution in [0.3, 0.4) is 0 Å². The molecule has 0 saturated carbocycles. The van der Waals surface area contributed by atoms with Crippen LogP contribution in [-0.4, -0.2) is 74.9 Å². The molecule has 18 heavy (non-hydrogen) atoms. The first-order chi connectivity index (χ1) is 8.92. The minimum absolute atomic E-state index is 0.826. The highest BCUT2D eigenvalue weighted by molar-refractivity contribution is 4.85. The predicted octanol–water partition coefficient (Wildman–Crippen LogP) is 0.393. The Hall–Kier alpha value is -0.160. The van der Waals surface area contributed by atoms with Gasteiger partial charge >= 0.3 is 0 Å². The Bertz CT molecular complexity index is 249. The van der Waals surface area contributed by atoms with Crippen molar-refractivity contribution in [3.05, 3.63) is 0 Å². The van der Waals surface area contributed by atoms with E-state index in [2.05, 4.69) is 15.1 Å². The molecule has 4 heteroatoms. The van der Waals surface area contributed by atoms with Crippen molar-refractivity contribution in [1.29, 1.82) is 0 Å². The SMILES string of the molecule is C1CN(C2CCN(CCC3CCOC3)C2)CCN1. The second-order valence-electron chi connectivity index (χ2n) is 6.05. The third-order valence-electron chi connectivity index (χ3n) is 4.79. The number of nitrogens with one attached hydrogen (secondary N) is 1. The summed E-state index contributed by atoms with van der Waals surface area (Å²) < 4.78 is 5.45. The molecule has 3 rings (SSSR count). The fourth-order valence-electron chi connectivity index (χ4n) is 3.54. The van der Waals surface area contributed by atoms with Gasteiger partial charge in [-0.3, -0.25) is 4.90 Å². The molecule has 0 amide bonds. The van der Waals surface area contributed by atoms with Crippen LogP contribution in [0, 0.1) is 5.92 Å². The lowest BCUT2D eigenvalue weighted by Crippen LogP contribution is -2.49. The Balaban J connectivity index is 1.37. The fraction of sp³-hybridized carbons (Fsp3) is 1.00. The van der Waals surface area contributed by atoms with Gasteiger partial charge in [0.2, 0.25) is 0 Å². The van der Waals surface area contributed by atoms with Gasteiger partial charge in [0.15, 0.2) is 0 Å². The van der Waals surface area contributed by atoms with Gasteiger partial charge in [0, 0.05) is 52.0 Å². The summed E-state index contributed by atoms with van der Waals surface area (Å²) in [5.74, 6) is 0.836. The Kier molecular flexibility index (Phi) is 4.52. The lowest BCUT2D eigenvalue weighted by Gasteiger charge is -2.32. The highest BCUT2D eigenvalue weighted by Gasteiger charge is 2.28. The standard InChI is InChI=1S/C14H27N3O/c1(13-3-10-18-12-13)6-16-7-2-14(11-16)17-8-4-15-5-9-17/h13-15H,1-12H2. The first kappa shape index (κ1) is 12.9. The molecule has 3 heterocycles. The number of likely N-dealkylation sites (tertiary alicyclic amines) is 1. The minimum atomic E-state index is 0.826. The van der Waals surface area contributed by atoms with E-state index in [1.165, 1.54) is 65.1 Å². The van der Waals surface area contributed by atoms with Crippen LogP contribution in [0.2, 0.25) is 0 Å². The molecule has 3 fully saturated rings. The molecule has 0 aliphatic carbocycles. The van der Waals surface area contributed by atoms with Gasteiger partial charge in [-0.2, -0.15) is 0 Å². The fourth-order valence-corrected chi connectivity index (χ4v) is 3.54. The van der Waals surface area contributed by atoms with Crippen LogP contribution in [0.4, 0.5) is 0 Å². The van der Waals surface area contributed by atoms with E-state index in [9.17, 15) is 0 Å². The average Bonchev–Trinajstić information content (AvgIpc) is 3.09. The van der Waals surface area contributed by atoms with Crippen molar-refractivity contribution in [2.75, 3.05) is 59.0 Å². The van der Waals surface area contributed by atoms with Crippen LogP contribution >= 0.6 is 0 Å². The maximum atomic E-state index is 5.45. The second-order valence-corrected chi connectivity index (χ2v) is 6.05. The topological polar surface area (TPSA) is 27.7 Å². The number of nitrogens with zero attached hydrogens (tertiary/aromatic N) is 2. The smallest absolute Gasteiger partial charge is 0.0495 e. The lowest BCUT2D eigenvalue weighted by molar-refractivity contribution is 0.166. The van der Waals surface area contributed by atoms with Crippen molar-refractivity contribution >= 4 is 0 Å². The van der Waals surface area contributed by atoms with Gasteiger partial charge in [-0.05, 0) is 38.3 Å². The molecular formula is C14H27N3O. The molecule has 3 aliphatic rings. The van der Waals surface area contributed by atoms with E-state index in [-0.39, 0.29) is 0 Å². The van der Waals surface area contributed by atoms with Crippen molar-refractivity contribution < 1.29 is 4.74 Å². The summed E-state index contributed by atoms with van der Waals surface area (Å²) in [5.41, 5.74) is 0. The second kappa shape index (κ2) is 6.33. The average molecular weight is 253 g/mol. The number of piperazine rings is 1. The number of ether oxygens (including phenoxy) is 1. The third-order valence-corrected chi connectivity index (χ3v) is 4.79. The van der Waals surface area contributed by atoms with Crippen molar-refractivity contribution in [2.45, 2.75) is 25.3 Å². The van der Waals surface area contributed by atoms with Gasteiger partial charge in [-0.1, -0.05) is 0 Å². The van der Waals surface area contributed by atoms with Gasteiger partial charge in [-0.15, -0.1) is 0 Å². The van der Waals surface area contributed by atoms with Crippen LogP contribution in [-0.2, 0) is 4.74 Å². The molecule has 0 aromatic rings. The zero-order valence-electron chi connectivity index (χ0n) is 11.4. The summed E-state index contributed by atoms with van der Waals surface area (Å²) in [7, 11) is 0. The highest BCUT2D eigenvalue weighted by Crippen LogP contribution is 2.20. The molecule has 0 aromatic carbocycles. The summed E-state index contributed by atoms with van der Waals surface area (Å²) in [6, 6.07) is 0.826. The van der Waals surface area contributed by atoms with Gasteiger partial charge in [0.1, 0.15) is 0 Å². The molecule has 1 N–H and O–H groups in total. The van der Waals surface area contributed by atoms with E-state index >= 15 is 0 Å². The molecule has 3 aliphatic heterocycles. The van der Waals surface area contributed by atoms with Crippen molar-refractivity contribution in [3.63, 3.8) is 0 Å². The molecule has 104 valence electrons. The van der Waals surface area contributed by atoms with E-state index in [0.29, 0.717) is 0 Å². The molecule has 0 spiro atoms. The van der Waals surface area contributed by atoms with Crippen molar-refractivity contribution in [3.8, 4) is 0 Å². The summed E-state index contributed by atoms with van der Waals surface area (Å²) in [5, 5.41) is 3.44. The Morgan fingerprint density at radius 2 is 2.00 bits per heavy atom. The lowest BCUT2D eigenvalue weighted by atomic mass is 10.1. The summed E-state index contributed by atoms with van der Waals surface area (Å²) in [6.07, 6.45) is 4.00. The molecule has 4 nitrogen and oxygen atoms in total. The van der Waals surface area contributed by atoms with E-state index < -0.39 is 0 Å². The van der Waals surface area contributed by atoms with Crippen LogP contribution in [0.5, 0.6) is 0 Å². The van der Waals surface area contributed by atoms with Crippen LogP contribution in [0.15, 0.2) is 0 Å². The number of hydrogen-bond donors (Lipinski definition) is 1. The van der Waals surface area contributed by atoms with Crippen molar-refractivity contribution in [1.82, 2.24) is 15.1 Å². The molecule has 2 unspecified atom stereocenters. The predicted molar refractivity (Wildman–Crippen MR) is 72.8 cm³/mol. The van der Waals surface area contributed by atoms with E-state index in [1.807, 2.05) is 0 Å². The molecule has 0 radical (unpaired) electrons. The molecular weight excluding hydrogens is 226 g/mol. The minimum Gasteiger partial charge on any atom is -0.381 e. The van der Waals surface area contributed by atoms with Crippen LogP contribution < -0.4 is 5.32 Å². The van der Waals surface area contributed by atoms with Gasteiger partial charge in [0.25, 0.3) is 0 Å². The molecule has 0 bridgehead atoms. The van der Waals surface area contributed by atoms with E-state index in [4.69, 9.17) is 4.74 Å². The Labute approximate surface area is 111 Å². The van der Waals surface area contributed by atoms with Gasteiger partial charge in [0.05, 0.1) is 0 Å². The maximum absolute atomic E-state index is 5.45. The Morgan fingerprint density at radius 3 is 2.78 bits per heavy atom. The highest BCUT2D eigenvalue weighted by atomic mass is 16.5. The largest absolute Gasteiger partial charge is 0.381 e. The van der Waals surface area contributed by atoms with Crippen molar-refractivity contribution in [2.24, 2.45) is 5.92 Å².